The number of nitrogens with two attached hydrogens (primary N) is 1. The number of carbonyl (C=O) groups is 4. The third-order valence-corrected chi connectivity index (χ3v) is 5.60. The van der Waals surface area contributed by atoms with Gasteiger partial charge in [-0.3, -0.25) is 9.59 Å². The van der Waals surface area contributed by atoms with Gasteiger partial charge in [-0.15, -0.1) is 0 Å². The maximum absolute atomic E-state index is 12.6. The molecule has 1 aliphatic heterocycles. The summed E-state index contributed by atoms with van der Waals surface area (Å²) < 4.78 is 5.01. The number of carbonyl (C=O) groups excluding carboxylic acids is 3. The fourth-order valence-corrected chi connectivity index (χ4v) is 3.55. The molecule has 0 aromatic heterocycles. The summed E-state index contributed by atoms with van der Waals surface area (Å²) in [6.07, 6.45) is -0.934. The van der Waals surface area contributed by atoms with E-state index in [-0.39, 0.29) is 44.5 Å². The van der Waals surface area contributed by atoms with E-state index < -0.39 is 24.0 Å². The average molecular weight is 513 g/mol. The molecule has 2 aromatic carbocycles. The second kappa shape index (κ2) is 12.8. The van der Waals surface area contributed by atoms with Crippen molar-refractivity contribution < 1.29 is 34.2 Å². The number of rotatable bonds is 10. The molecule has 0 spiro atoms. The normalized spacial score (nSPS) is 14.6. The molecule has 0 bridgehead atoms. The Morgan fingerprint density at radius 3 is 2.41 bits per heavy atom. The molecule has 0 radical (unpaired) electrons. The van der Waals surface area contributed by atoms with Crippen LogP contribution in [0.3, 0.4) is 0 Å². The Kier molecular flexibility index (Phi) is 9.24. The standard InChI is InChI=1S/C24H28N6O7/c25-22(28-36)17-6-8-18(9-7-17)29-10-11-30(21(32)14-29)13-20(31)26-12-19(23(33)34)27-24(35)37-15-16-4-2-1-3-5-16/h1-9,19,36H,10-15H2,(H2,25,28)(H,26,31)(H,27,35)(H,33,34)/t19-/m0/s1. The number of nitrogens with zero attached hydrogens (tertiary/aromatic N) is 3. The fourth-order valence-electron chi connectivity index (χ4n) is 3.55. The fraction of sp³-hybridized carbons (Fsp3) is 0.292. The van der Waals surface area contributed by atoms with Crippen LogP contribution in [0.5, 0.6) is 0 Å². The van der Waals surface area contributed by atoms with Crippen molar-refractivity contribution in [3.05, 3.63) is 65.7 Å². The molecule has 1 atom stereocenters. The van der Waals surface area contributed by atoms with Gasteiger partial charge < -0.3 is 41.2 Å². The maximum Gasteiger partial charge on any atom is 0.408 e. The van der Waals surface area contributed by atoms with Gasteiger partial charge in [0.2, 0.25) is 11.8 Å². The summed E-state index contributed by atoms with van der Waals surface area (Å²) in [5.74, 6) is -2.21. The number of ether oxygens (including phenoxy) is 1. The zero-order valence-electron chi connectivity index (χ0n) is 19.9. The van der Waals surface area contributed by atoms with Gasteiger partial charge in [0.1, 0.15) is 12.6 Å². The van der Waals surface area contributed by atoms with Crippen molar-refractivity contribution >= 4 is 35.4 Å². The van der Waals surface area contributed by atoms with Crippen LogP contribution >= 0.6 is 0 Å². The van der Waals surface area contributed by atoms with Gasteiger partial charge in [0, 0.05) is 30.9 Å². The molecule has 3 amide bonds. The van der Waals surface area contributed by atoms with E-state index in [1.165, 1.54) is 4.90 Å². The molecular formula is C24H28N6O7. The Morgan fingerprint density at radius 1 is 1.08 bits per heavy atom. The quantitative estimate of drug-likeness (QED) is 0.126. The topological polar surface area (TPSA) is 187 Å². The van der Waals surface area contributed by atoms with Crippen LogP contribution in [0.15, 0.2) is 59.8 Å². The molecule has 196 valence electrons. The first-order valence-electron chi connectivity index (χ1n) is 11.3. The molecule has 13 nitrogen and oxygen atoms in total. The number of piperazine rings is 1. The molecule has 1 heterocycles. The van der Waals surface area contributed by atoms with Crippen LogP contribution in [0.25, 0.3) is 0 Å². The minimum Gasteiger partial charge on any atom is -0.480 e. The van der Waals surface area contributed by atoms with Crippen molar-refractivity contribution in [2.24, 2.45) is 10.9 Å². The van der Waals surface area contributed by atoms with Gasteiger partial charge in [-0.25, -0.2) is 9.59 Å². The van der Waals surface area contributed by atoms with Crippen molar-refractivity contribution in [3.8, 4) is 0 Å². The van der Waals surface area contributed by atoms with E-state index in [2.05, 4.69) is 15.8 Å². The number of benzene rings is 2. The minimum atomic E-state index is -1.41. The van der Waals surface area contributed by atoms with E-state index in [0.29, 0.717) is 12.1 Å². The lowest BCUT2D eigenvalue weighted by Crippen LogP contribution is -2.54. The van der Waals surface area contributed by atoms with Crippen LogP contribution in [-0.4, -0.2) is 83.7 Å². The molecule has 1 aliphatic rings. The lowest BCUT2D eigenvalue weighted by atomic mass is 10.1. The monoisotopic (exact) mass is 512 g/mol. The molecular weight excluding hydrogens is 484 g/mol. The van der Waals surface area contributed by atoms with Gasteiger partial charge in [0.05, 0.1) is 13.1 Å². The van der Waals surface area contributed by atoms with Gasteiger partial charge in [-0.1, -0.05) is 35.5 Å². The molecule has 0 saturated carbocycles. The van der Waals surface area contributed by atoms with E-state index in [9.17, 15) is 24.3 Å². The van der Waals surface area contributed by atoms with E-state index in [0.717, 1.165) is 11.3 Å². The average Bonchev–Trinajstić information content (AvgIpc) is 2.91. The van der Waals surface area contributed by atoms with Crippen LogP contribution in [0.2, 0.25) is 0 Å². The lowest BCUT2D eigenvalue weighted by Gasteiger charge is -2.35. The Balaban J connectivity index is 1.43. The van der Waals surface area contributed by atoms with Gasteiger partial charge in [-0.2, -0.15) is 0 Å². The number of amides is 3. The van der Waals surface area contributed by atoms with Crippen molar-refractivity contribution in [2.75, 3.05) is 37.6 Å². The number of hydrogen-bond donors (Lipinski definition) is 5. The predicted molar refractivity (Wildman–Crippen MR) is 132 cm³/mol. The van der Waals surface area contributed by atoms with Gasteiger partial charge in [0.25, 0.3) is 0 Å². The highest BCUT2D eigenvalue weighted by molar-refractivity contribution is 5.97. The highest BCUT2D eigenvalue weighted by atomic mass is 16.5. The van der Waals surface area contributed by atoms with Crippen molar-refractivity contribution in [1.82, 2.24) is 15.5 Å². The number of amidine groups is 1. The number of anilines is 1. The van der Waals surface area contributed by atoms with Crippen LogP contribution in [0.1, 0.15) is 11.1 Å². The van der Waals surface area contributed by atoms with Crippen LogP contribution in [0.4, 0.5) is 10.5 Å². The highest BCUT2D eigenvalue weighted by Gasteiger charge is 2.27. The second-order valence-corrected chi connectivity index (χ2v) is 8.17. The largest absolute Gasteiger partial charge is 0.480 e. The number of carboxylic acid groups (broad SMARTS) is 1. The van der Waals surface area contributed by atoms with Gasteiger partial charge in [-0.05, 0) is 29.8 Å². The summed E-state index contributed by atoms with van der Waals surface area (Å²) >= 11 is 0. The third-order valence-electron chi connectivity index (χ3n) is 5.60. The number of oxime groups is 1. The first kappa shape index (κ1) is 26.8. The van der Waals surface area contributed by atoms with E-state index in [1.807, 2.05) is 11.0 Å². The van der Waals surface area contributed by atoms with E-state index >= 15 is 0 Å². The number of carboxylic acids is 1. The summed E-state index contributed by atoms with van der Waals surface area (Å²) in [6, 6.07) is 14.3. The number of alkyl carbamates (subject to hydrolysis) is 1. The van der Waals surface area contributed by atoms with Crippen molar-refractivity contribution in [2.45, 2.75) is 12.6 Å². The summed E-state index contributed by atoms with van der Waals surface area (Å²) in [4.78, 5) is 51.6. The Hall–Kier alpha value is -4.81. The van der Waals surface area contributed by atoms with Crippen LogP contribution < -0.4 is 21.3 Å². The third kappa shape index (κ3) is 7.85. The molecule has 0 aliphatic carbocycles. The zero-order chi connectivity index (χ0) is 26.8. The molecule has 0 unspecified atom stereocenters. The molecule has 13 heteroatoms. The number of hydrogen-bond acceptors (Lipinski definition) is 8. The second-order valence-electron chi connectivity index (χ2n) is 8.17. The number of nitrogens with one attached hydrogen (secondary N) is 2. The lowest BCUT2D eigenvalue weighted by molar-refractivity contribution is -0.140. The van der Waals surface area contributed by atoms with E-state index in [1.54, 1.807) is 48.5 Å². The molecule has 6 N–H and O–H groups in total. The van der Waals surface area contributed by atoms with Crippen LogP contribution in [0, 0.1) is 0 Å². The van der Waals surface area contributed by atoms with Crippen molar-refractivity contribution in [3.63, 3.8) is 0 Å². The first-order valence-corrected chi connectivity index (χ1v) is 11.3. The van der Waals surface area contributed by atoms with Gasteiger partial charge in [0.15, 0.2) is 5.84 Å². The minimum absolute atomic E-state index is 0.0251. The van der Waals surface area contributed by atoms with Gasteiger partial charge >= 0.3 is 12.1 Å². The zero-order valence-corrected chi connectivity index (χ0v) is 19.9. The van der Waals surface area contributed by atoms with E-state index in [4.69, 9.17) is 15.7 Å². The Morgan fingerprint density at radius 2 is 1.78 bits per heavy atom. The Bertz CT molecular complexity index is 1140. The molecule has 3 rings (SSSR count). The summed E-state index contributed by atoms with van der Waals surface area (Å²) in [7, 11) is 0. The number of aliphatic carboxylic acids is 1. The predicted octanol–water partition coefficient (Wildman–Crippen LogP) is -0.0745. The summed E-state index contributed by atoms with van der Waals surface area (Å²) in [5, 5.41) is 25.7. The Labute approximate surface area is 212 Å². The van der Waals surface area contributed by atoms with Crippen molar-refractivity contribution in [1.29, 1.82) is 0 Å². The van der Waals surface area contributed by atoms with Crippen LogP contribution in [-0.2, 0) is 25.7 Å². The first-order chi connectivity index (χ1) is 17.8. The maximum atomic E-state index is 12.6. The SMILES string of the molecule is N/C(=N/O)c1ccc(N2CCN(CC(=O)NC[C@H](NC(=O)OCc3ccccc3)C(=O)O)C(=O)C2)cc1. The summed E-state index contributed by atoms with van der Waals surface area (Å²) in [5.41, 5.74) is 7.59. The smallest absolute Gasteiger partial charge is 0.408 e. The molecule has 2 aromatic rings. The molecule has 37 heavy (non-hydrogen) atoms. The summed E-state index contributed by atoms with van der Waals surface area (Å²) in [6.45, 7) is 0.127. The molecule has 1 fully saturated rings. The molecule has 1 saturated heterocycles. The highest BCUT2D eigenvalue weighted by Crippen LogP contribution is 2.18.